The molecule has 0 radical (unpaired) electrons. The molecule has 0 aliphatic carbocycles. The molecule has 1 amide bonds. The first-order valence-corrected chi connectivity index (χ1v) is 10.0. The summed E-state index contributed by atoms with van der Waals surface area (Å²) in [6, 6.07) is 9.30. The van der Waals surface area contributed by atoms with Crippen LogP contribution in [0.1, 0.15) is 28.9 Å². The number of likely N-dealkylation sites (tertiary alicyclic amines) is 1. The quantitative estimate of drug-likeness (QED) is 0.723. The molecule has 2 aromatic rings. The topological polar surface area (TPSA) is 48.9 Å². The lowest BCUT2D eigenvalue weighted by Gasteiger charge is -2.40. The third kappa shape index (κ3) is 4.60. The van der Waals surface area contributed by atoms with Gasteiger partial charge in [-0.25, -0.2) is 4.98 Å². The van der Waals surface area contributed by atoms with E-state index in [2.05, 4.69) is 15.7 Å². The first-order valence-electron chi connectivity index (χ1n) is 10.0. The average Bonchev–Trinajstić information content (AvgIpc) is 2.73. The van der Waals surface area contributed by atoms with Crippen molar-refractivity contribution in [2.24, 2.45) is 0 Å². The summed E-state index contributed by atoms with van der Waals surface area (Å²) in [5.41, 5.74) is 2.32. The fourth-order valence-corrected chi connectivity index (χ4v) is 3.95. The third-order valence-electron chi connectivity index (χ3n) is 5.55. The number of piperidine rings is 1. The van der Waals surface area contributed by atoms with E-state index in [1.807, 2.05) is 37.3 Å². The van der Waals surface area contributed by atoms with E-state index < -0.39 is 6.36 Å². The molecule has 3 heterocycles. The molecule has 2 aliphatic heterocycles. The Morgan fingerprint density at radius 3 is 2.39 bits per heavy atom. The number of hydrogen-bond acceptors (Lipinski definition) is 5. The maximum absolute atomic E-state index is 12.8. The summed E-state index contributed by atoms with van der Waals surface area (Å²) < 4.78 is 40.8. The maximum Gasteiger partial charge on any atom is 0.573 e. The molecular formula is C22H23F3N4O2. The molecule has 0 unspecified atom stereocenters. The Hall–Kier alpha value is -3.23. The van der Waals surface area contributed by atoms with Crippen molar-refractivity contribution in [3.8, 4) is 5.75 Å². The predicted molar refractivity (Wildman–Crippen MR) is 111 cm³/mol. The molecule has 0 atom stereocenters. The number of carbonyl (C=O) groups is 1. The summed E-state index contributed by atoms with van der Waals surface area (Å²) in [6.45, 7) is 3.08. The van der Waals surface area contributed by atoms with Crippen LogP contribution in [0.3, 0.4) is 0 Å². The molecule has 1 aromatic carbocycles. The van der Waals surface area contributed by atoms with Gasteiger partial charge in [0.25, 0.3) is 5.91 Å². The molecule has 0 N–H and O–H groups in total. The zero-order valence-corrected chi connectivity index (χ0v) is 17.3. The minimum atomic E-state index is -4.75. The predicted octanol–water partition coefficient (Wildman–Crippen LogP) is 4.32. The van der Waals surface area contributed by atoms with Crippen molar-refractivity contribution in [1.82, 2.24) is 9.88 Å². The standard InChI is InChI=1S/C22H23F3N4O2/c1-15-3-8-19-20(26-15)29(14-13-27(19)2)17-9-11-28(12-10-17)21(30)16-4-6-18(7-5-16)31-22(23,24)25/h3-8,13-14,17H,9-12H2,1-2H3. The number of hydrogen-bond donors (Lipinski definition) is 0. The van der Waals surface area contributed by atoms with Crippen LogP contribution in [0, 0.1) is 6.92 Å². The molecule has 0 bridgehead atoms. The van der Waals surface area contributed by atoms with Crippen molar-refractivity contribution in [3.05, 3.63) is 60.1 Å². The average molecular weight is 432 g/mol. The number of rotatable bonds is 3. The minimum Gasteiger partial charge on any atom is -0.406 e. The van der Waals surface area contributed by atoms with Crippen LogP contribution in [0.25, 0.3) is 0 Å². The molecule has 0 saturated carbocycles. The van der Waals surface area contributed by atoms with Gasteiger partial charge in [-0.1, -0.05) is 0 Å². The SMILES string of the molecule is Cc1ccc2c(n1)N(C1CCN(C(=O)c3ccc(OC(F)(F)F)cc3)CC1)C=CN2C. The Labute approximate surface area is 178 Å². The summed E-state index contributed by atoms with van der Waals surface area (Å²) >= 11 is 0. The number of aromatic nitrogens is 1. The van der Waals surface area contributed by atoms with E-state index in [0.717, 1.165) is 42.2 Å². The van der Waals surface area contributed by atoms with Crippen LogP contribution in [0.15, 0.2) is 48.8 Å². The van der Waals surface area contributed by atoms with E-state index in [9.17, 15) is 18.0 Å². The van der Waals surface area contributed by atoms with Crippen LogP contribution in [0.4, 0.5) is 24.7 Å². The van der Waals surface area contributed by atoms with E-state index in [1.54, 1.807) is 4.90 Å². The van der Waals surface area contributed by atoms with Gasteiger partial charge in [-0.3, -0.25) is 4.79 Å². The van der Waals surface area contributed by atoms with Crippen LogP contribution in [-0.2, 0) is 0 Å². The third-order valence-corrected chi connectivity index (χ3v) is 5.55. The van der Waals surface area contributed by atoms with Crippen molar-refractivity contribution in [2.75, 3.05) is 29.9 Å². The molecule has 1 fully saturated rings. The van der Waals surface area contributed by atoms with E-state index in [4.69, 9.17) is 4.98 Å². The van der Waals surface area contributed by atoms with Crippen molar-refractivity contribution in [2.45, 2.75) is 32.2 Å². The highest BCUT2D eigenvalue weighted by Crippen LogP contribution is 2.34. The van der Waals surface area contributed by atoms with Crippen molar-refractivity contribution in [1.29, 1.82) is 0 Å². The van der Waals surface area contributed by atoms with Gasteiger partial charge in [-0.05, 0) is 56.2 Å². The van der Waals surface area contributed by atoms with Gasteiger partial charge in [0.1, 0.15) is 5.75 Å². The van der Waals surface area contributed by atoms with Crippen LogP contribution in [-0.4, -0.2) is 48.3 Å². The molecule has 31 heavy (non-hydrogen) atoms. The van der Waals surface area contributed by atoms with Crippen LogP contribution in [0.5, 0.6) is 5.75 Å². The largest absolute Gasteiger partial charge is 0.573 e. The Morgan fingerprint density at radius 1 is 1.06 bits per heavy atom. The van der Waals surface area contributed by atoms with E-state index in [1.165, 1.54) is 12.1 Å². The Balaban J connectivity index is 1.41. The van der Waals surface area contributed by atoms with Crippen LogP contribution >= 0.6 is 0 Å². The first kappa shape index (κ1) is 21.0. The van der Waals surface area contributed by atoms with Crippen molar-refractivity contribution < 1.29 is 22.7 Å². The normalized spacial score (nSPS) is 17.0. The second kappa shape index (κ2) is 8.13. The lowest BCUT2D eigenvalue weighted by atomic mass is 10.0. The molecule has 164 valence electrons. The highest BCUT2D eigenvalue weighted by atomic mass is 19.4. The number of aryl methyl sites for hydroxylation is 1. The number of pyridine rings is 1. The Bertz CT molecular complexity index is 983. The molecule has 4 rings (SSSR count). The number of alkyl halides is 3. The van der Waals surface area contributed by atoms with Gasteiger partial charge in [0.2, 0.25) is 0 Å². The fourth-order valence-electron chi connectivity index (χ4n) is 3.95. The van der Waals surface area contributed by atoms with Crippen molar-refractivity contribution >= 4 is 17.4 Å². The summed E-state index contributed by atoms with van der Waals surface area (Å²) in [5.74, 6) is 0.376. The fraction of sp³-hybridized carbons (Fsp3) is 0.364. The molecular weight excluding hydrogens is 409 g/mol. The van der Waals surface area contributed by atoms with E-state index in [0.29, 0.717) is 18.7 Å². The van der Waals surface area contributed by atoms with Gasteiger partial charge >= 0.3 is 6.36 Å². The van der Waals surface area contributed by atoms with Crippen molar-refractivity contribution in [3.63, 3.8) is 0 Å². The molecule has 6 nitrogen and oxygen atoms in total. The number of benzene rings is 1. The summed E-state index contributed by atoms with van der Waals surface area (Å²) in [4.78, 5) is 23.4. The number of ether oxygens (including phenoxy) is 1. The number of nitrogens with zero attached hydrogens (tertiary/aromatic N) is 4. The van der Waals surface area contributed by atoms with Gasteiger partial charge in [0.05, 0.1) is 5.69 Å². The number of halogens is 3. The monoisotopic (exact) mass is 432 g/mol. The highest BCUT2D eigenvalue weighted by Gasteiger charge is 2.32. The number of amides is 1. The molecule has 1 saturated heterocycles. The molecule has 1 aromatic heterocycles. The molecule has 9 heteroatoms. The van der Waals surface area contributed by atoms with Gasteiger partial charge in [0, 0.05) is 49.8 Å². The highest BCUT2D eigenvalue weighted by molar-refractivity contribution is 5.94. The van der Waals surface area contributed by atoms with Gasteiger partial charge in [0.15, 0.2) is 5.82 Å². The second-order valence-corrected chi connectivity index (χ2v) is 7.71. The minimum absolute atomic E-state index is 0.194. The number of carbonyl (C=O) groups excluding carboxylic acids is 1. The van der Waals surface area contributed by atoms with Crippen LogP contribution < -0.4 is 14.5 Å². The molecule has 0 spiro atoms. The van der Waals surface area contributed by atoms with E-state index in [-0.39, 0.29) is 17.7 Å². The lowest BCUT2D eigenvalue weighted by molar-refractivity contribution is -0.274. The summed E-state index contributed by atoms with van der Waals surface area (Å²) in [5, 5.41) is 0. The smallest absolute Gasteiger partial charge is 0.406 e. The van der Waals surface area contributed by atoms with E-state index >= 15 is 0 Å². The number of fused-ring (bicyclic) bond motifs is 1. The Kier molecular flexibility index (Phi) is 5.51. The lowest BCUT2D eigenvalue weighted by Crippen LogP contribution is -2.46. The zero-order valence-electron chi connectivity index (χ0n) is 17.3. The van der Waals surface area contributed by atoms with Gasteiger partial charge < -0.3 is 19.4 Å². The summed E-state index contributed by atoms with van der Waals surface area (Å²) in [7, 11) is 1.98. The van der Waals surface area contributed by atoms with Gasteiger partial charge in [-0.2, -0.15) is 0 Å². The first-order chi connectivity index (χ1) is 14.7. The van der Waals surface area contributed by atoms with Crippen LogP contribution in [0.2, 0.25) is 0 Å². The van der Waals surface area contributed by atoms with Gasteiger partial charge in [-0.15, -0.1) is 13.2 Å². The number of anilines is 2. The molecule has 2 aliphatic rings. The Morgan fingerprint density at radius 2 is 1.74 bits per heavy atom. The second-order valence-electron chi connectivity index (χ2n) is 7.71. The maximum atomic E-state index is 12.8. The summed E-state index contributed by atoms with van der Waals surface area (Å²) in [6.07, 6.45) is 0.809. The zero-order chi connectivity index (χ0) is 22.2.